The molecule has 1 aromatic heterocycles. The predicted molar refractivity (Wildman–Crippen MR) is 62.6 cm³/mol. The quantitative estimate of drug-likeness (QED) is 0.760. The van der Waals surface area contributed by atoms with E-state index >= 15 is 0 Å². The lowest BCUT2D eigenvalue weighted by molar-refractivity contribution is 0.120. The molecular weight excluding hydrogens is 198 g/mol. The van der Waals surface area contributed by atoms with Crippen LogP contribution in [0.3, 0.4) is 0 Å². The molecule has 1 fully saturated rings. The molecule has 1 aromatic rings. The van der Waals surface area contributed by atoms with Gasteiger partial charge in [0.05, 0.1) is 11.8 Å². The van der Waals surface area contributed by atoms with Crippen LogP contribution in [0.5, 0.6) is 0 Å². The molecule has 2 rings (SSSR count). The summed E-state index contributed by atoms with van der Waals surface area (Å²) in [5.74, 6) is 0. The maximum absolute atomic E-state index is 9.46. The van der Waals surface area contributed by atoms with Gasteiger partial charge in [0.15, 0.2) is 0 Å². The largest absolute Gasteiger partial charge is 0.281 e. The molecule has 0 aliphatic carbocycles. The van der Waals surface area contributed by atoms with Gasteiger partial charge >= 0.3 is 0 Å². The number of hydrogen-bond donors (Lipinski definition) is 0. The Hall–Kier alpha value is -1.40. The summed E-state index contributed by atoms with van der Waals surface area (Å²) in [5, 5.41) is 9.46. The number of nitriles is 1. The molecule has 0 radical (unpaired) electrons. The number of pyridine rings is 1. The topological polar surface area (TPSA) is 39.9 Å². The predicted octanol–water partition coefficient (Wildman–Crippen LogP) is 2.31. The molecular formula is C13H17N3. The molecule has 84 valence electrons. The van der Waals surface area contributed by atoms with Gasteiger partial charge < -0.3 is 0 Å². The minimum Gasteiger partial charge on any atom is -0.281 e. The summed E-state index contributed by atoms with van der Waals surface area (Å²) in [6.45, 7) is 3.97. The summed E-state index contributed by atoms with van der Waals surface area (Å²) in [4.78, 5) is 6.58. The third-order valence-electron chi connectivity index (χ3n) is 3.37. The molecule has 0 saturated carbocycles. The average Bonchev–Trinajstić information content (AvgIpc) is 2.40. The Balaban J connectivity index is 2.29. The van der Waals surface area contributed by atoms with E-state index in [1.807, 2.05) is 25.1 Å². The van der Waals surface area contributed by atoms with Crippen molar-refractivity contribution < 1.29 is 0 Å². The van der Waals surface area contributed by atoms with Crippen LogP contribution >= 0.6 is 0 Å². The summed E-state index contributed by atoms with van der Waals surface area (Å²) in [7, 11) is 0. The lowest BCUT2D eigenvalue weighted by atomic mass is 9.94. The zero-order valence-corrected chi connectivity index (χ0v) is 9.69. The Morgan fingerprint density at radius 2 is 2.06 bits per heavy atom. The van der Waals surface area contributed by atoms with E-state index in [0.717, 1.165) is 18.8 Å². The van der Waals surface area contributed by atoms with Crippen LogP contribution in [-0.2, 0) is 5.54 Å². The molecule has 0 amide bonds. The van der Waals surface area contributed by atoms with Gasteiger partial charge in [-0.1, -0.05) is 12.5 Å². The van der Waals surface area contributed by atoms with Crippen molar-refractivity contribution in [2.75, 3.05) is 13.1 Å². The first-order valence-electron chi connectivity index (χ1n) is 5.85. The van der Waals surface area contributed by atoms with Crippen LogP contribution in [0.2, 0.25) is 0 Å². The van der Waals surface area contributed by atoms with Crippen LogP contribution in [-0.4, -0.2) is 23.0 Å². The molecule has 1 atom stereocenters. The summed E-state index contributed by atoms with van der Waals surface area (Å²) < 4.78 is 0. The summed E-state index contributed by atoms with van der Waals surface area (Å²) in [5.41, 5.74) is 0.293. The number of nitrogens with zero attached hydrogens (tertiary/aromatic N) is 3. The standard InChI is InChI=1S/C13H17N3/c1-13(11-14,12-7-3-4-8-15-12)16-9-5-2-6-10-16/h3-4,7-8H,2,5-6,9-10H2,1H3. The molecule has 0 N–H and O–H groups in total. The van der Waals surface area contributed by atoms with E-state index in [1.54, 1.807) is 6.20 Å². The first kappa shape index (κ1) is 11.1. The zero-order chi connectivity index (χ0) is 11.4. The molecule has 16 heavy (non-hydrogen) atoms. The molecule has 3 heteroatoms. The maximum Gasteiger partial charge on any atom is 0.148 e. The van der Waals surface area contributed by atoms with Crippen molar-refractivity contribution >= 4 is 0 Å². The van der Waals surface area contributed by atoms with Gasteiger partial charge in [0, 0.05) is 19.3 Å². The van der Waals surface area contributed by atoms with E-state index < -0.39 is 5.54 Å². The number of hydrogen-bond acceptors (Lipinski definition) is 3. The summed E-state index contributed by atoms with van der Waals surface area (Å²) in [6, 6.07) is 8.20. The number of rotatable bonds is 2. The molecule has 2 heterocycles. The van der Waals surface area contributed by atoms with Crippen LogP contribution in [0.25, 0.3) is 0 Å². The molecule has 3 nitrogen and oxygen atoms in total. The lowest BCUT2D eigenvalue weighted by Crippen LogP contribution is -2.46. The van der Waals surface area contributed by atoms with Crippen molar-refractivity contribution in [2.45, 2.75) is 31.7 Å². The van der Waals surface area contributed by atoms with Gasteiger partial charge in [0.2, 0.25) is 0 Å². The molecule has 1 aliphatic rings. The van der Waals surface area contributed by atoms with Crippen LogP contribution < -0.4 is 0 Å². The highest BCUT2D eigenvalue weighted by Gasteiger charge is 2.35. The summed E-state index contributed by atoms with van der Waals surface area (Å²) in [6.07, 6.45) is 5.41. The van der Waals surface area contributed by atoms with Crippen molar-refractivity contribution in [2.24, 2.45) is 0 Å². The highest BCUT2D eigenvalue weighted by atomic mass is 15.2. The monoisotopic (exact) mass is 215 g/mol. The lowest BCUT2D eigenvalue weighted by Gasteiger charge is -2.37. The third kappa shape index (κ3) is 1.94. The van der Waals surface area contributed by atoms with Crippen molar-refractivity contribution in [3.05, 3.63) is 30.1 Å². The number of aromatic nitrogens is 1. The van der Waals surface area contributed by atoms with Crippen molar-refractivity contribution in [1.29, 1.82) is 5.26 Å². The van der Waals surface area contributed by atoms with Crippen molar-refractivity contribution in [3.8, 4) is 6.07 Å². The van der Waals surface area contributed by atoms with E-state index in [-0.39, 0.29) is 0 Å². The second kappa shape index (κ2) is 4.63. The van der Waals surface area contributed by atoms with E-state index in [4.69, 9.17) is 0 Å². The van der Waals surface area contributed by atoms with E-state index in [0.29, 0.717) is 0 Å². The Labute approximate surface area is 96.7 Å². The van der Waals surface area contributed by atoms with Gasteiger partial charge in [-0.2, -0.15) is 5.26 Å². The highest BCUT2D eigenvalue weighted by molar-refractivity contribution is 5.23. The highest BCUT2D eigenvalue weighted by Crippen LogP contribution is 2.28. The van der Waals surface area contributed by atoms with Crippen molar-refractivity contribution in [3.63, 3.8) is 0 Å². The van der Waals surface area contributed by atoms with E-state index in [9.17, 15) is 5.26 Å². The van der Waals surface area contributed by atoms with Gasteiger partial charge in [0.25, 0.3) is 0 Å². The zero-order valence-electron chi connectivity index (χ0n) is 9.69. The first-order chi connectivity index (χ1) is 7.77. The minimum absolute atomic E-state index is 0.568. The van der Waals surface area contributed by atoms with Gasteiger partial charge in [-0.25, -0.2) is 0 Å². The second-order valence-electron chi connectivity index (χ2n) is 4.45. The second-order valence-corrected chi connectivity index (χ2v) is 4.45. The molecule has 1 saturated heterocycles. The smallest absolute Gasteiger partial charge is 0.148 e. The maximum atomic E-state index is 9.46. The SMILES string of the molecule is CC(C#N)(c1ccccn1)N1CCCCC1. The third-order valence-corrected chi connectivity index (χ3v) is 3.37. The van der Waals surface area contributed by atoms with Gasteiger partial charge in [-0.15, -0.1) is 0 Å². The molecule has 0 aromatic carbocycles. The van der Waals surface area contributed by atoms with Crippen LogP contribution in [0.15, 0.2) is 24.4 Å². The van der Waals surface area contributed by atoms with Crippen LogP contribution in [0.4, 0.5) is 0 Å². The Kier molecular flexibility index (Phi) is 3.21. The van der Waals surface area contributed by atoms with Gasteiger partial charge in [-0.3, -0.25) is 9.88 Å². The van der Waals surface area contributed by atoms with Gasteiger partial charge in [0.1, 0.15) is 5.54 Å². The molecule has 0 spiro atoms. The van der Waals surface area contributed by atoms with Crippen molar-refractivity contribution in [1.82, 2.24) is 9.88 Å². The number of piperidine rings is 1. The minimum atomic E-state index is -0.568. The Bertz CT molecular complexity index is 376. The first-order valence-corrected chi connectivity index (χ1v) is 5.85. The fraction of sp³-hybridized carbons (Fsp3) is 0.538. The summed E-state index contributed by atoms with van der Waals surface area (Å²) >= 11 is 0. The Morgan fingerprint density at radius 1 is 1.31 bits per heavy atom. The average molecular weight is 215 g/mol. The molecule has 1 unspecified atom stereocenters. The van der Waals surface area contributed by atoms with Gasteiger partial charge in [-0.05, 0) is 31.9 Å². The fourth-order valence-electron chi connectivity index (χ4n) is 2.28. The van der Waals surface area contributed by atoms with Crippen LogP contribution in [0.1, 0.15) is 31.9 Å². The van der Waals surface area contributed by atoms with Crippen LogP contribution in [0, 0.1) is 11.3 Å². The molecule has 0 bridgehead atoms. The fourth-order valence-corrected chi connectivity index (χ4v) is 2.28. The Morgan fingerprint density at radius 3 is 2.62 bits per heavy atom. The molecule has 1 aliphatic heterocycles. The van der Waals surface area contributed by atoms with E-state index in [2.05, 4.69) is 16.0 Å². The normalized spacial score (nSPS) is 21.0. The van der Waals surface area contributed by atoms with E-state index in [1.165, 1.54) is 19.3 Å². The number of likely N-dealkylation sites (tertiary alicyclic amines) is 1.